The Kier molecular flexibility index (Phi) is 3.52. The molecule has 1 aliphatic heterocycles. The second-order valence-electron chi connectivity index (χ2n) is 4.65. The highest BCUT2D eigenvalue weighted by Gasteiger charge is 2.28. The van der Waals surface area contributed by atoms with Gasteiger partial charge in [-0.05, 0) is 24.3 Å². The second-order valence-corrected chi connectivity index (χ2v) is 5.94. The van der Waals surface area contributed by atoms with Crippen molar-refractivity contribution in [1.29, 1.82) is 0 Å². The minimum Gasteiger partial charge on any atom is -0.485 e. The molecule has 0 radical (unpaired) electrons. The Morgan fingerprint density at radius 3 is 2.74 bits per heavy atom. The van der Waals surface area contributed by atoms with Crippen molar-refractivity contribution in [2.75, 3.05) is 0 Å². The van der Waals surface area contributed by atoms with E-state index in [0.717, 1.165) is 27.8 Å². The maximum absolute atomic E-state index is 6.24. The lowest BCUT2D eigenvalue weighted by Crippen LogP contribution is -2.24. The Balaban J connectivity index is 1.97. The van der Waals surface area contributed by atoms with Gasteiger partial charge in [-0.15, -0.1) is 0 Å². The van der Waals surface area contributed by atoms with Gasteiger partial charge >= 0.3 is 0 Å². The predicted molar refractivity (Wildman–Crippen MR) is 80.5 cm³/mol. The molecule has 1 aliphatic rings. The Bertz CT molecular complexity index is 617. The van der Waals surface area contributed by atoms with E-state index in [-0.39, 0.29) is 12.1 Å². The van der Waals surface area contributed by atoms with Gasteiger partial charge in [0.05, 0.1) is 0 Å². The van der Waals surface area contributed by atoms with Gasteiger partial charge in [-0.25, -0.2) is 0 Å². The first-order chi connectivity index (χ1) is 9.15. The van der Waals surface area contributed by atoms with Gasteiger partial charge in [0.2, 0.25) is 0 Å². The maximum atomic E-state index is 6.24. The first kappa shape index (κ1) is 13.0. The Morgan fingerprint density at radius 1 is 1.16 bits per heavy atom. The van der Waals surface area contributed by atoms with Crippen LogP contribution in [0.2, 0.25) is 5.02 Å². The molecule has 4 heteroatoms. The molecule has 0 amide bonds. The Labute approximate surface area is 125 Å². The minimum atomic E-state index is -0.0560. The summed E-state index contributed by atoms with van der Waals surface area (Å²) >= 11 is 9.56. The summed E-state index contributed by atoms with van der Waals surface area (Å²) in [7, 11) is 0. The van der Waals surface area contributed by atoms with Gasteiger partial charge in [0.1, 0.15) is 11.9 Å². The summed E-state index contributed by atoms with van der Waals surface area (Å²) in [5.41, 5.74) is 8.34. The van der Waals surface area contributed by atoms with Crippen molar-refractivity contribution >= 4 is 27.5 Å². The van der Waals surface area contributed by atoms with Crippen LogP contribution in [0.15, 0.2) is 46.9 Å². The molecular formula is C15H13BrClNO. The molecule has 0 saturated heterocycles. The number of nitrogens with two attached hydrogens (primary N) is 1. The lowest BCUT2D eigenvalue weighted by Gasteiger charge is -2.31. The van der Waals surface area contributed by atoms with E-state index in [1.165, 1.54) is 0 Å². The first-order valence-corrected chi connectivity index (χ1v) is 7.28. The lowest BCUT2D eigenvalue weighted by molar-refractivity contribution is 0.161. The highest BCUT2D eigenvalue weighted by atomic mass is 79.9. The summed E-state index contributed by atoms with van der Waals surface area (Å²) in [6.07, 6.45) is 0.718. The van der Waals surface area contributed by atoms with Crippen LogP contribution in [0.4, 0.5) is 0 Å². The van der Waals surface area contributed by atoms with E-state index >= 15 is 0 Å². The van der Waals surface area contributed by atoms with E-state index in [0.29, 0.717) is 5.02 Å². The highest BCUT2D eigenvalue weighted by molar-refractivity contribution is 9.10. The third kappa shape index (κ3) is 2.50. The number of rotatable bonds is 1. The molecule has 19 heavy (non-hydrogen) atoms. The molecule has 3 rings (SSSR count). The zero-order valence-electron chi connectivity index (χ0n) is 10.1. The molecule has 2 atom stereocenters. The van der Waals surface area contributed by atoms with Gasteiger partial charge in [0, 0.05) is 33.1 Å². The average molecular weight is 339 g/mol. The van der Waals surface area contributed by atoms with E-state index in [1.54, 1.807) is 0 Å². The maximum Gasteiger partial charge on any atom is 0.127 e. The number of hydrogen-bond acceptors (Lipinski definition) is 2. The fraction of sp³-hybridized carbons (Fsp3) is 0.200. The quantitative estimate of drug-likeness (QED) is 0.823. The smallest absolute Gasteiger partial charge is 0.127 e. The molecule has 2 aromatic carbocycles. The summed E-state index contributed by atoms with van der Waals surface area (Å²) in [6.45, 7) is 0. The van der Waals surface area contributed by atoms with Gasteiger partial charge in [0.15, 0.2) is 0 Å². The molecular weight excluding hydrogens is 326 g/mol. The minimum absolute atomic E-state index is 0.0285. The van der Waals surface area contributed by atoms with E-state index in [2.05, 4.69) is 22.0 Å². The summed E-state index contributed by atoms with van der Waals surface area (Å²) in [5.74, 6) is 0.823. The van der Waals surface area contributed by atoms with Crippen LogP contribution in [-0.4, -0.2) is 0 Å². The van der Waals surface area contributed by atoms with Crippen molar-refractivity contribution in [3.05, 3.63) is 63.1 Å². The van der Waals surface area contributed by atoms with Crippen LogP contribution < -0.4 is 10.5 Å². The third-order valence-corrected chi connectivity index (χ3v) is 4.32. The van der Waals surface area contributed by atoms with E-state index < -0.39 is 0 Å². The molecule has 1 unspecified atom stereocenters. The van der Waals surface area contributed by atoms with Crippen LogP contribution in [0.25, 0.3) is 0 Å². The number of ether oxygens (including phenoxy) is 1. The average Bonchev–Trinajstić information content (AvgIpc) is 2.40. The van der Waals surface area contributed by atoms with E-state index in [1.807, 2.05) is 36.4 Å². The number of fused-ring (bicyclic) bond motifs is 1. The summed E-state index contributed by atoms with van der Waals surface area (Å²) in [6, 6.07) is 13.6. The number of halogens is 2. The van der Waals surface area contributed by atoms with Crippen molar-refractivity contribution in [2.24, 2.45) is 5.73 Å². The molecule has 0 aromatic heterocycles. The zero-order chi connectivity index (χ0) is 13.4. The van der Waals surface area contributed by atoms with Crippen molar-refractivity contribution < 1.29 is 4.74 Å². The fourth-order valence-electron chi connectivity index (χ4n) is 2.40. The molecule has 2 nitrogen and oxygen atoms in total. The monoisotopic (exact) mass is 337 g/mol. The van der Waals surface area contributed by atoms with Crippen molar-refractivity contribution in [3.8, 4) is 5.75 Å². The largest absolute Gasteiger partial charge is 0.485 e. The molecule has 0 bridgehead atoms. The summed E-state index contributed by atoms with van der Waals surface area (Å²) in [5, 5.41) is 0.692. The first-order valence-electron chi connectivity index (χ1n) is 6.11. The SMILES string of the molecule is N[C@@H]1CC(c2ccccc2Br)Oc2ccc(Cl)cc21. The second kappa shape index (κ2) is 5.16. The molecule has 0 saturated carbocycles. The summed E-state index contributed by atoms with van der Waals surface area (Å²) in [4.78, 5) is 0. The topological polar surface area (TPSA) is 35.2 Å². The van der Waals surface area contributed by atoms with E-state index in [9.17, 15) is 0 Å². The van der Waals surface area contributed by atoms with Gasteiger partial charge < -0.3 is 10.5 Å². The Morgan fingerprint density at radius 2 is 1.95 bits per heavy atom. The lowest BCUT2D eigenvalue weighted by atomic mass is 9.94. The molecule has 2 aromatic rings. The van der Waals surface area contributed by atoms with Gasteiger partial charge in [-0.2, -0.15) is 0 Å². The predicted octanol–water partition coefficient (Wildman–Crippen LogP) is 4.63. The number of benzene rings is 2. The molecule has 0 aliphatic carbocycles. The van der Waals surface area contributed by atoms with Gasteiger partial charge in [-0.3, -0.25) is 0 Å². The molecule has 0 fully saturated rings. The van der Waals surface area contributed by atoms with Crippen LogP contribution in [0.3, 0.4) is 0 Å². The molecule has 1 heterocycles. The molecule has 98 valence electrons. The standard InChI is InChI=1S/C15H13BrClNO/c16-12-4-2-1-3-10(12)15-8-13(18)11-7-9(17)5-6-14(11)19-15/h1-7,13,15H,8,18H2/t13-,15?/m1/s1. The molecule has 0 spiro atoms. The summed E-state index contributed by atoms with van der Waals surface area (Å²) < 4.78 is 7.10. The van der Waals surface area contributed by atoms with Crippen LogP contribution in [0, 0.1) is 0 Å². The van der Waals surface area contributed by atoms with Crippen molar-refractivity contribution in [1.82, 2.24) is 0 Å². The van der Waals surface area contributed by atoms with E-state index in [4.69, 9.17) is 22.1 Å². The van der Waals surface area contributed by atoms with Crippen molar-refractivity contribution in [2.45, 2.75) is 18.6 Å². The van der Waals surface area contributed by atoms with Crippen LogP contribution in [0.5, 0.6) is 5.75 Å². The van der Waals surface area contributed by atoms with Crippen molar-refractivity contribution in [3.63, 3.8) is 0 Å². The van der Waals surface area contributed by atoms with Gasteiger partial charge in [0.25, 0.3) is 0 Å². The van der Waals surface area contributed by atoms with Crippen LogP contribution in [-0.2, 0) is 0 Å². The normalized spacial score (nSPS) is 21.6. The highest BCUT2D eigenvalue weighted by Crippen LogP contribution is 2.42. The van der Waals surface area contributed by atoms with Crippen LogP contribution in [0.1, 0.15) is 29.7 Å². The fourth-order valence-corrected chi connectivity index (χ4v) is 3.12. The zero-order valence-corrected chi connectivity index (χ0v) is 12.5. The van der Waals surface area contributed by atoms with Crippen LogP contribution >= 0.6 is 27.5 Å². The van der Waals surface area contributed by atoms with Gasteiger partial charge in [-0.1, -0.05) is 45.7 Å². The molecule has 2 N–H and O–H groups in total. The Hall–Kier alpha value is -1.03. The number of hydrogen-bond donors (Lipinski definition) is 1. The third-order valence-electron chi connectivity index (χ3n) is 3.36.